The molecule has 2 saturated heterocycles. The number of allylic oxidation sites excluding steroid dienone is 3. The van der Waals surface area contributed by atoms with E-state index in [0.717, 1.165) is 77.1 Å². The minimum atomic E-state index is 0.239. The highest BCUT2D eigenvalue weighted by molar-refractivity contribution is 5.61. The summed E-state index contributed by atoms with van der Waals surface area (Å²) in [6.45, 7) is 14.6. The third-order valence-electron chi connectivity index (χ3n) is 7.54. The number of ether oxygens (including phenoxy) is 5. The Morgan fingerprint density at radius 2 is 1.14 bits per heavy atom. The quantitative estimate of drug-likeness (QED) is 0.153. The lowest BCUT2D eigenvalue weighted by atomic mass is 10.0. The van der Waals surface area contributed by atoms with Gasteiger partial charge in [-0.2, -0.15) is 0 Å². The number of hydrogen-bond donors (Lipinski definition) is 0. The average molecular weight is 567 g/mol. The Hall–Kier alpha value is -3.80. The van der Waals surface area contributed by atoms with Crippen molar-refractivity contribution in [2.45, 2.75) is 66.6 Å². The van der Waals surface area contributed by atoms with Gasteiger partial charge in [-0.25, -0.2) is 0 Å². The van der Waals surface area contributed by atoms with Gasteiger partial charge in [0.1, 0.15) is 35.7 Å². The van der Waals surface area contributed by atoms with E-state index in [4.69, 9.17) is 23.7 Å². The number of hydrogen-bond acceptors (Lipinski definition) is 5. The molecular formula is C37H42O5. The van der Waals surface area contributed by atoms with Crippen molar-refractivity contribution in [3.63, 3.8) is 0 Å². The van der Waals surface area contributed by atoms with E-state index in [1.54, 1.807) is 0 Å². The van der Waals surface area contributed by atoms with Gasteiger partial charge in [0.05, 0.1) is 25.1 Å². The van der Waals surface area contributed by atoms with E-state index in [0.29, 0.717) is 12.7 Å². The lowest BCUT2D eigenvalue weighted by Gasteiger charge is -2.12. The summed E-state index contributed by atoms with van der Waals surface area (Å²) in [6, 6.07) is 18.9. The molecule has 5 rings (SSSR count). The first-order chi connectivity index (χ1) is 20.2. The molecule has 0 spiro atoms. The standard InChI is InChI=1S/C37H42O5/c1-24-7-10-30(11-14-36-21-39-36)18-31(24)16-28(5)41-35-13-9-26(3)33(20-35)17-29(6)42-34-12-8-25(2)32(19-34)15-27(4)38-22-37-23-40-37/h7-10,12-13,15-20,36-37H,11,14,21-23H2,1-6H3/b27-15+,28-16+,29-17+. The number of rotatable bonds is 13. The second kappa shape index (κ2) is 13.5. The molecule has 0 bridgehead atoms. The summed E-state index contributed by atoms with van der Waals surface area (Å²) in [5, 5.41) is 0. The predicted molar refractivity (Wildman–Crippen MR) is 169 cm³/mol. The highest BCUT2D eigenvalue weighted by Crippen LogP contribution is 2.26. The summed E-state index contributed by atoms with van der Waals surface area (Å²) in [6.07, 6.45) is 9.02. The maximum absolute atomic E-state index is 6.27. The van der Waals surface area contributed by atoms with Crippen LogP contribution in [0.5, 0.6) is 11.5 Å². The monoisotopic (exact) mass is 566 g/mol. The van der Waals surface area contributed by atoms with Crippen LogP contribution in [0.1, 0.15) is 66.1 Å². The van der Waals surface area contributed by atoms with Gasteiger partial charge in [-0.05, 0) is 136 Å². The minimum Gasteiger partial charge on any atom is -0.495 e. The molecule has 42 heavy (non-hydrogen) atoms. The zero-order valence-corrected chi connectivity index (χ0v) is 25.7. The zero-order valence-electron chi connectivity index (χ0n) is 25.7. The fourth-order valence-electron chi connectivity index (χ4n) is 4.76. The molecule has 5 heteroatoms. The van der Waals surface area contributed by atoms with Crippen molar-refractivity contribution in [2.24, 2.45) is 0 Å². The molecule has 0 saturated carbocycles. The van der Waals surface area contributed by atoms with Crippen molar-refractivity contribution in [1.82, 2.24) is 0 Å². The summed E-state index contributed by atoms with van der Waals surface area (Å²) in [4.78, 5) is 0. The van der Waals surface area contributed by atoms with Gasteiger partial charge in [-0.15, -0.1) is 0 Å². The third-order valence-corrected chi connectivity index (χ3v) is 7.54. The zero-order chi connectivity index (χ0) is 29.6. The van der Waals surface area contributed by atoms with Crippen molar-refractivity contribution in [2.75, 3.05) is 19.8 Å². The number of benzene rings is 3. The lowest BCUT2D eigenvalue weighted by Crippen LogP contribution is -1.99. The molecule has 0 aliphatic carbocycles. The van der Waals surface area contributed by atoms with Crippen LogP contribution >= 0.6 is 0 Å². The predicted octanol–water partition coefficient (Wildman–Crippen LogP) is 8.60. The van der Waals surface area contributed by atoms with Crippen LogP contribution in [0.3, 0.4) is 0 Å². The molecule has 0 amide bonds. The molecule has 3 aromatic carbocycles. The Bertz CT molecular complexity index is 1500. The van der Waals surface area contributed by atoms with Crippen LogP contribution < -0.4 is 9.47 Å². The molecule has 2 fully saturated rings. The molecule has 0 aromatic heterocycles. The van der Waals surface area contributed by atoms with Gasteiger partial charge in [0.15, 0.2) is 0 Å². The first-order valence-electron chi connectivity index (χ1n) is 14.8. The van der Waals surface area contributed by atoms with Crippen LogP contribution in [0.4, 0.5) is 0 Å². The summed E-state index contributed by atoms with van der Waals surface area (Å²) in [7, 11) is 0. The van der Waals surface area contributed by atoms with Crippen molar-refractivity contribution < 1.29 is 23.7 Å². The minimum absolute atomic E-state index is 0.239. The Balaban J connectivity index is 1.25. The third kappa shape index (κ3) is 8.85. The molecule has 3 aromatic rings. The number of epoxide rings is 2. The van der Waals surface area contributed by atoms with Crippen LogP contribution in [0, 0.1) is 20.8 Å². The molecule has 2 aliphatic rings. The maximum atomic E-state index is 6.27. The molecule has 2 heterocycles. The van der Waals surface area contributed by atoms with Crippen LogP contribution in [-0.2, 0) is 20.6 Å². The Morgan fingerprint density at radius 1 is 0.667 bits per heavy atom. The van der Waals surface area contributed by atoms with E-state index in [1.807, 2.05) is 45.0 Å². The van der Waals surface area contributed by atoms with Crippen LogP contribution in [0.2, 0.25) is 0 Å². The molecule has 2 atom stereocenters. The topological polar surface area (TPSA) is 52.8 Å². The van der Waals surface area contributed by atoms with Gasteiger partial charge in [0.2, 0.25) is 0 Å². The van der Waals surface area contributed by atoms with E-state index in [9.17, 15) is 0 Å². The van der Waals surface area contributed by atoms with E-state index >= 15 is 0 Å². The molecule has 5 nitrogen and oxygen atoms in total. The van der Waals surface area contributed by atoms with Crippen LogP contribution in [0.15, 0.2) is 71.9 Å². The fourth-order valence-corrected chi connectivity index (χ4v) is 4.76. The van der Waals surface area contributed by atoms with Gasteiger partial charge < -0.3 is 23.7 Å². The van der Waals surface area contributed by atoms with Gasteiger partial charge in [-0.3, -0.25) is 0 Å². The molecule has 0 radical (unpaired) electrons. The van der Waals surface area contributed by atoms with E-state index < -0.39 is 0 Å². The lowest BCUT2D eigenvalue weighted by molar-refractivity contribution is 0.187. The van der Waals surface area contributed by atoms with E-state index in [-0.39, 0.29) is 6.10 Å². The van der Waals surface area contributed by atoms with Crippen LogP contribution in [-0.4, -0.2) is 32.0 Å². The maximum Gasteiger partial charge on any atom is 0.127 e. The molecular weight excluding hydrogens is 524 g/mol. The smallest absolute Gasteiger partial charge is 0.127 e. The van der Waals surface area contributed by atoms with Gasteiger partial charge >= 0.3 is 0 Å². The highest BCUT2D eigenvalue weighted by Gasteiger charge is 2.23. The summed E-state index contributed by atoms with van der Waals surface area (Å²) < 4.78 is 28.9. The number of aryl methyl sites for hydroxylation is 4. The van der Waals surface area contributed by atoms with Crippen molar-refractivity contribution >= 4 is 18.2 Å². The van der Waals surface area contributed by atoms with Gasteiger partial charge in [0.25, 0.3) is 0 Å². The first kappa shape index (κ1) is 29.7. The van der Waals surface area contributed by atoms with Gasteiger partial charge in [-0.1, -0.05) is 30.3 Å². The van der Waals surface area contributed by atoms with E-state index in [2.05, 4.69) is 69.3 Å². The summed E-state index contributed by atoms with van der Waals surface area (Å²) >= 11 is 0. The molecule has 220 valence electrons. The second-order valence-corrected chi connectivity index (χ2v) is 11.5. The average Bonchev–Trinajstić information content (AvgIpc) is 3.87. The SMILES string of the molecule is C/C(=C\c1cc(O/C(C)=C/c2cc(O/C(C)=C/c3cc(CCC4CO4)ccc3C)ccc2C)ccc1C)OCC1CO1. The van der Waals surface area contributed by atoms with Crippen molar-refractivity contribution in [1.29, 1.82) is 0 Å². The normalized spacial score (nSPS) is 18.6. The largest absolute Gasteiger partial charge is 0.495 e. The fraction of sp³-hybridized carbons (Fsp3) is 0.351. The molecule has 2 aliphatic heterocycles. The van der Waals surface area contributed by atoms with Crippen molar-refractivity contribution in [3.05, 3.63) is 111 Å². The van der Waals surface area contributed by atoms with Crippen LogP contribution in [0.25, 0.3) is 18.2 Å². The first-order valence-corrected chi connectivity index (χ1v) is 14.8. The Labute approximate surface area is 250 Å². The van der Waals surface area contributed by atoms with Crippen molar-refractivity contribution in [3.8, 4) is 11.5 Å². The highest BCUT2D eigenvalue weighted by atomic mass is 16.6. The molecule has 2 unspecified atom stereocenters. The Kier molecular flexibility index (Phi) is 9.51. The van der Waals surface area contributed by atoms with E-state index in [1.165, 1.54) is 16.7 Å². The summed E-state index contributed by atoms with van der Waals surface area (Å²) in [5.41, 5.74) is 8.18. The Morgan fingerprint density at radius 3 is 1.67 bits per heavy atom. The van der Waals surface area contributed by atoms with Gasteiger partial charge in [0, 0.05) is 0 Å². The molecule has 0 N–H and O–H groups in total. The second-order valence-electron chi connectivity index (χ2n) is 11.5. The summed E-state index contributed by atoms with van der Waals surface area (Å²) in [5.74, 6) is 4.08.